The van der Waals surface area contributed by atoms with Gasteiger partial charge in [-0.15, -0.1) is 0 Å². The van der Waals surface area contributed by atoms with Gasteiger partial charge in [-0.1, -0.05) is 20.3 Å². The van der Waals surface area contributed by atoms with Gasteiger partial charge in [0.05, 0.1) is 5.60 Å². The van der Waals surface area contributed by atoms with Crippen LogP contribution < -0.4 is 5.32 Å². The maximum atomic E-state index is 10.5. The summed E-state index contributed by atoms with van der Waals surface area (Å²) in [5, 5.41) is 13.9. The molecule has 2 atom stereocenters. The zero-order valence-electron chi connectivity index (χ0n) is 13.8. The first-order valence-electron chi connectivity index (χ1n) is 8.26. The van der Waals surface area contributed by atoms with E-state index in [1.54, 1.807) is 0 Å². The molecule has 21 heavy (non-hydrogen) atoms. The summed E-state index contributed by atoms with van der Waals surface area (Å²) in [5.74, 6) is 2.86. The van der Waals surface area contributed by atoms with Gasteiger partial charge in [0, 0.05) is 32.4 Å². The highest BCUT2D eigenvalue weighted by Gasteiger charge is 2.34. The van der Waals surface area contributed by atoms with Gasteiger partial charge in [0.15, 0.2) is 5.96 Å². The lowest BCUT2D eigenvalue weighted by molar-refractivity contribution is 0.0704. The topological polar surface area (TPSA) is 47.9 Å². The van der Waals surface area contributed by atoms with E-state index in [1.165, 1.54) is 25.7 Å². The number of aliphatic imine (C=N–C) groups is 1. The Labute approximate surface area is 133 Å². The van der Waals surface area contributed by atoms with Crippen LogP contribution in [0.4, 0.5) is 0 Å². The number of hydrogen-bond donors (Lipinski definition) is 2. The SMILES string of the molecule is CCCC1(C)CCCN(C(=NC)NCC2(O)CCSC2)C1. The van der Waals surface area contributed by atoms with Gasteiger partial charge in [0.25, 0.3) is 0 Å². The summed E-state index contributed by atoms with van der Waals surface area (Å²) >= 11 is 1.84. The van der Waals surface area contributed by atoms with E-state index < -0.39 is 5.60 Å². The van der Waals surface area contributed by atoms with Crippen LogP contribution in [0.15, 0.2) is 4.99 Å². The summed E-state index contributed by atoms with van der Waals surface area (Å²) in [6.07, 6.45) is 5.95. The fourth-order valence-corrected chi connectivity index (χ4v) is 4.91. The molecule has 2 heterocycles. The highest BCUT2D eigenvalue weighted by Crippen LogP contribution is 2.34. The van der Waals surface area contributed by atoms with Gasteiger partial charge in [-0.3, -0.25) is 4.99 Å². The molecule has 2 aliphatic rings. The molecule has 0 amide bonds. The molecule has 2 rings (SSSR count). The zero-order valence-corrected chi connectivity index (χ0v) is 14.6. The molecule has 2 fully saturated rings. The third kappa shape index (κ3) is 4.52. The minimum Gasteiger partial charge on any atom is -0.387 e. The van der Waals surface area contributed by atoms with Crippen LogP contribution >= 0.6 is 11.8 Å². The van der Waals surface area contributed by atoms with Crippen molar-refractivity contribution in [1.29, 1.82) is 0 Å². The van der Waals surface area contributed by atoms with Gasteiger partial charge in [-0.05, 0) is 36.9 Å². The third-order valence-electron chi connectivity index (χ3n) is 4.80. The lowest BCUT2D eigenvalue weighted by atomic mass is 9.78. The summed E-state index contributed by atoms with van der Waals surface area (Å²) < 4.78 is 0. The average Bonchev–Trinajstić information content (AvgIpc) is 2.87. The quantitative estimate of drug-likeness (QED) is 0.618. The predicted octanol–water partition coefficient (Wildman–Crippen LogP) is 2.33. The van der Waals surface area contributed by atoms with Gasteiger partial charge >= 0.3 is 0 Å². The molecule has 5 heteroatoms. The molecule has 122 valence electrons. The second-order valence-corrected chi connectivity index (χ2v) is 8.12. The molecule has 0 saturated carbocycles. The normalized spacial score (nSPS) is 34.3. The van der Waals surface area contributed by atoms with Crippen molar-refractivity contribution in [3.05, 3.63) is 0 Å². The molecule has 0 spiro atoms. The van der Waals surface area contributed by atoms with E-state index in [0.29, 0.717) is 12.0 Å². The molecule has 4 nitrogen and oxygen atoms in total. The fraction of sp³-hybridized carbons (Fsp3) is 0.938. The lowest BCUT2D eigenvalue weighted by Crippen LogP contribution is -2.53. The minimum atomic E-state index is -0.552. The monoisotopic (exact) mass is 313 g/mol. The molecule has 0 aromatic carbocycles. The molecule has 2 unspecified atom stereocenters. The Morgan fingerprint density at radius 1 is 1.43 bits per heavy atom. The zero-order chi connectivity index (χ0) is 15.3. The van der Waals surface area contributed by atoms with Crippen LogP contribution in [0.1, 0.15) is 46.0 Å². The second kappa shape index (κ2) is 7.23. The minimum absolute atomic E-state index is 0.407. The summed E-state index contributed by atoms with van der Waals surface area (Å²) in [7, 11) is 1.85. The number of likely N-dealkylation sites (tertiary alicyclic amines) is 1. The first-order chi connectivity index (χ1) is 10.0. The summed E-state index contributed by atoms with van der Waals surface area (Å²) in [6, 6.07) is 0. The number of piperidine rings is 1. The Kier molecular flexibility index (Phi) is 5.83. The Balaban J connectivity index is 1.91. The van der Waals surface area contributed by atoms with Crippen LogP contribution in [0.3, 0.4) is 0 Å². The second-order valence-electron chi connectivity index (χ2n) is 7.01. The maximum absolute atomic E-state index is 10.5. The van der Waals surface area contributed by atoms with Crippen molar-refractivity contribution < 1.29 is 5.11 Å². The molecular formula is C16H31N3OS. The van der Waals surface area contributed by atoms with Crippen LogP contribution in [-0.4, -0.2) is 59.8 Å². The standard InChI is InChI=1S/C16H31N3OS/c1-4-6-15(2)7-5-9-19(12-15)14(17-3)18-11-16(20)8-10-21-13-16/h20H,4-13H2,1-3H3,(H,17,18). The van der Waals surface area contributed by atoms with Crippen molar-refractivity contribution in [1.82, 2.24) is 10.2 Å². The molecule has 0 aromatic rings. The van der Waals surface area contributed by atoms with E-state index >= 15 is 0 Å². The average molecular weight is 314 g/mol. The van der Waals surface area contributed by atoms with E-state index in [2.05, 4.69) is 29.1 Å². The van der Waals surface area contributed by atoms with Crippen molar-refractivity contribution in [3.8, 4) is 0 Å². The number of thioether (sulfide) groups is 1. The number of guanidine groups is 1. The van der Waals surface area contributed by atoms with Gasteiger partial charge in [0.2, 0.25) is 0 Å². The summed E-state index contributed by atoms with van der Waals surface area (Å²) in [5.41, 5.74) is -0.145. The molecule has 0 aromatic heterocycles. The van der Waals surface area contributed by atoms with E-state index in [1.807, 2.05) is 18.8 Å². The van der Waals surface area contributed by atoms with Crippen LogP contribution in [0, 0.1) is 5.41 Å². The number of aliphatic hydroxyl groups is 1. The molecule has 0 radical (unpaired) electrons. The number of nitrogens with one attached hydrogen (secondary N) is 1. The fourth-order valence-electron chi connectivity index (χ4n) is 3.62. The first-order valence-corrected chi connectivity index (χ1v) is 9.41. The van der Waals surface area contributed by atoms with Gasteiger partial charge in [-0.2, -0.15) is 11.8 Å². The first kappa shape index (κ1) is 16.9. The summed E-state index contributed by atoms with van der Waals surface area (Å²) in [6.45, 7) is 7.44. The van der Waals surface area contributed by atoms with E-state index in [9.17, 15) is 5.11 Å². The predicted molar refractivity (Wildman–Crippen MR) is 92.1 cm³/mol. The third-order valence-corrected chi connectivity index (χ3v) is 6.04. The van der Waals surface area contributed by atoms with Gasteiger partial charge < -0.3 is 15.3 Å². The molecule has 0 bridgehead atoms. The number of nitrogens with zero attached hydrogens (tertiary/aromatic N) is 2. The van der Waals surface area contributed by atoms with Crippen LogP contribution in [0.2, 0.25) is 0 Å². The van der Waals surface area contributed by atoms with Crippen molar-refractivity contribution in [2.45, 2.75) is 51.6 Å². The van der Waals surface area contributed by atoms with Crippen molar-refractivity contribution in [2.24, 2.45) is 10.4 Å². The molecule has 0 aliphatic carbocycles. The lowest BCUT2D eigenvalue weighted by Gasteiger charge is -2.42. The van der Waals surface area contributed by atoms with Crippen LogP contribution in [-0.2, 0) is 0 Å². The number of hydrogen-bond acceptors (Lipinski definition) is 3. The Morgan fingerprint density at radius 2 is 2.24 bits per heavy atom. The Bertz CT molecular complexity index is 365. The van der Waals surface area contributed by atoms with E-state index in [-0.39, 0.29) is 0 Å². The molecule has 2 saturated heterocycles. The van der Waals surface area contributed by atoms with Crippen molar-refractivity contribution in [3.63, 3.8) is 0 Å². The highest BCUT2D eigenvalue weighted by molar-refractivity contribution is 7.99. The molecule has 2 aliphatic heterocycles. The Hall–Kier alpha value is -0.420. The van der Waals surface area contributed by atoms with Crippen molar-refractivity contribution in [2.75, 3.05) is 38.2 Å². The van der Waals surface area contributed by atoms with Crippen LogP contribution in [0.25, 0.3) is 0 Å². The van der Waals surface area contributed by atoms with Gasteiger partial charge in [-0.25, -0.2) is 0 Å². The van der Waals surface area contributed by atoms with E-state index in [0.717, 1.165) is 37.0 Å². The molecule has 2 N–H and O–H groups in total. The molecular weight excluding hydrogens is 282 g/mol. The largest absolute Gasteiger partial charge is 0.387 e. The Morgan fingerprint density at radius 3 is 2.86 bits per heavy atom. The highest BCUT2D eigenvalue weighted by atomic mass is 32.2. The number of rotatable bonds is 4. The smallest absolute Gasteiger partial charge is 0.193 e. The van der Waals surface area contributed by atoms with E-state index in [4.69, 9.17) is 0 Å². The maximum Gasteiger partial charge on any atom is 0.193 e. The van der Waals surface area contributed by atoms with Gasteiger partial charge in [0.1, 0.15) is 0 Å². The van der Waals surface area contributed by atoms with Crippen molar-refractivity contribution >= 4 is 17.7 Å². The summed E-state index contributed by atoms with van der Waals surface area (Å²) in [4.78, 5) is 6.82. The van der Waals surface area contributed by atoms with Crippen LogP contribution in [0.5, 0.6) is 0 Å².